The Morgan fingerprint density at radius 1 is 1.12 bits per heavy atom. The second kappa shape index (κ2) is 5.29. The summed E-state index contributed by atoms with van der Waals surface area (Å²) in [5.41, 5.74) is 6.50. The van der Waals surface area contributed by atoms with E-state index in [4.69, 9.17) is 10.5 Å². The number of ether oxygens (including phenoxy) is 1. The lowest BCUT2D eigenvalue weighted by Crippen LogP contribution is -1.95. The van der Waals surface area contributed by atoms with Crippen LogP contribution in [0.5, 0.6) is 11.5 Å². The Morgan fingerprint density at radius 3 is 2.41 bits per heavy atom. The molecule has 0 aliphatic rings. The standard InChI is InChI=1S/C13H11BrFNO/c14-10-3-6-13(12(15)7-10)17-11-4-1-9(8-16)2-5-11/h1-7H,8,16H2. The Morgan fingerprint density at radius 2 is 1.82 bits per heavy atom. The molecule has 0 spiro atoms. The number of hydrogen-bond acceptors (Lipinski definition) is 2. The van der Waals surface area contributed by atoms with Crippen molar-refractivity contribution in [2.24, 2.45) is 5.73 Å². The van der Waals surface area contributed by atoms with E-state index in [1.165, 1.54) is 6.07 Å². The zero-order chi connectivity index (χ0) is 12.3. The Balaban J connectivity index is 2.19. The largest absolute Gasteiger partial charge is 0.454 e. The molecule has 0 radical (unpaired) electrons. The van der Waals surface area contributed by atoms with Crippen LogP contribution >= 0.6 is 15.9 Å². The minimum atomic E-state index is -0.401. The van der Waals surface area contributed by atoms with Gasteiger partial charge in [-0.2, -0.15) is 0 Å². The van der Waals surface area contributed by atoms with Crippen molar-refractivity contribution in [2.75, 3.05) is 0 Å². The average molecular weight is 296 g/mol. The monoisotopic (exact) mass is 295 g/mol. The molecule has 2 nitrogen and oxygen atoms in total. The molecule has 0 saturated carbocycles. The van der Waals surface area contributed by atoms with Gasteiger partial charge in [0.2, 0.25) is 0 Å². The van der Waals surface area contributed by atoms with Crippen molar-refractivity contribution < 1.29 is 9.13 Å². The van der Waals surface area contributed by atoms with E-state index in [0.29, 0.717) is 16.8 Å². The molecule has 0 aromatic heterocycles. The van der Waals surface area contributed by atoms with Gasteiger partial charge in [-0.1, -0.05) is 28.1 Å². The maximum atomic E-state index is 13.5. The first kappa shape index (κ1) is 12.1. The highest BCUT2D eigenvalue weighted by Crippen LogP contribution is 2.26. The highest BCUT2D eigenvalue weighted by Gasteiger charge is 2.05. The van der Waals surface area contributed by atoms with Gasteiger partial charge in [-0.3, -0.25) is 0 Å². The molecule has 2 aromatic carbocycles. The van der Waals surface area contributed by atoms with E-state index in [0.717, 1.165) is 5.56 Å². The molecule has 0 bridgehead atoms. The fourth-order valence-corrected chi connectivity index (χ4v) is 1.71. The zero-order valence-corrected chi connectivity index (χ0v) is 10.6. The fraction of sp³-hybridized carbons (Fsp3) is 0.0769. The average Bonchev–Trinajstić information content (AvgIpc) is 2.34. The summed E-state index contributed by atoms with van der Waals surface area (Å²) in [4.78, 5) is 0. The second-order valence-corrected chi connectivity index (χ2v) is 4.44. The molecule has 17 heavy (non-hydrogen) atoms. The number of nitrogens with two attached hydrogens (primary N) is 1. The quantitative estimate of drug-likeness (QED) is 0.934. The molecule has 4 heteroatoms. The maximum Gasteiger partial charge on any atom is 0.166 e. The van der Waals surface area contributed by atoms with Crippen LogP contribution in [0.2, 0.25) is 0 Å². The Labute approximate surface area is 107 Å². The van der Waals surface area contributed by atoms with Gasteiger partial charge in [0, 0.05) is 11.0 Å². The third-order valence-corrected chi connectivity index (χ3v) is 2.77. The molecular weight excluding hydrogens is 285 g/mol. The normalized spacial score (nSPS) is 10.3. The van der Waals surface area contributed by atoms with Crippen LogP contribution in [0.15, 0.2) is 46.9 Å². The first-order valence-corrected chi connectivity index (χ1v) is 5.90. The van der Waals surface area contributed by atoms with Crippen LogP contribution < -0.4 is 10.5 Å². The van der Waals surface area contributed by atoms with Crippen LogP contribution in [0.1, 0.15) is 5.56 Å². The van der Waals surface area contributed by atoms with Crippen LogP contribution in [0, 0.1) is 5.82 Å². The van der Waals surface area contributed by atoms with Gasteiger partial charge in [0.1, 0.15) is 5.75 Å². The smallest absolute Gasteiger partial charge is 0.166 e. The molecular formula is C13H11BrFNO. The van der Waals surface area contributed by atoms with E-state index in [1.54, 1.807) is 24.3 Å². The van der Waals surface area contributed by atoms with Crippen molar-refractivity contribution in [1.29, 1.82) is 0 Å². The van der Waals surface area contributed by atoms with Crippen molar-refractivity contribution in [2.45, 2.75) is 6.54 Å². The van der Waals surface area contributed by atoms with Gasteiger partial charge in [-0.15, -0.1) is 0 Å². The molecule has 0 saturated heterocycles. The van der Waals surface area contributed by atoms with E-state index in [-0.39, 0.29) is 5.75 Å². The van der Waals surface area contributed by atoms with Crippen molar-refractivity contribution in [3.8, 4) is 11.5 Å². The molecule has 0 aliphatic carbocycles. The lowest BCUT2D eigenvalue weighted by molar-refractivity contribution is 0.442. The number of hydrogen-bond donors (Lipinski definition) is 1. The molecule has 0 amide bonds. The highest BCUT2D eigenvalue weighted by molar-refractivity contribution is 9.10. The predicted octanol–water partition coefficient (Wildman–Crippen LogP) is 3.84. The van der Waals surface area contributed by atoms with Crippen LogP contribution in [0.4, 0.5) is 4.39 Å². The molecule has 0 aliphatic heterocycles. The van der Waals surface area contributed by atoms with E-state index < -0.39 is 5.82 Å². The van der Waals surface area contributed by atoms with Gasteiger partial charge in [0.15, 0.2) is 11.6 Å². The minimum Gasteiger partial charge on any atom is -0.454 e. The van der Waals surface area contributed by atoms with Crippen molar-refractivity contribution >= 4 is 15.9 Å². The fourth-order valence-electron chi connectivity index (χ4n) is 1.38. The molecule has 2 rings (SSSR count). The summed E-state index contributed by atoms with van der Waals surface area (Å²) < 4.78 is 19.6. The summed E-state index contributed by atoms with van der Waals surface area (Å²) in [7, 11) is 0. The van der Waals surface area contributed by atoms with Crippen LogP contribution in [0.3, 0.4) is 0 Å². The second-order valence-electron chi connectivity index (χ2n) is 3.52. The van der Waals surface area contributed by atoms with Gasteiger partial charge >= 0.3 is 0 Å². The van der Waals surface area contributed by atoms with E-state index >= 15 is 0 Å². The van der Waals surface area contributed by atoms with E-state index in [9.17, 15) is 4.39 Å². The summed E-state index contributed by atoms with van der Waals surface area (Å²) in [5, 5.41) is 0. The summed E-state index contributed by atoms with van der Waals surface area (Å²) in [6.45, 7) is 0.479. The summed E-state index contributed by atoms with van der Waals surface area (Å²) >= 11 is 3.19. The van der Waals surface area contributed by atoms with Gasteiger partial charge in [0.25, 0.3) is 0 Å². The molecule has 2 N–H and O–H groups in total. The molecule has 0 fully saturated rings. The summed E-state index contributed by atoms with van der Waals surface area (Å²) in [5.74, 6) is 0.388. The third-order valence-electron chi connectivity index (χ3n) is 2.28. The number of benzene rings is 2. The predicted molar refractivity (Wildman–Crippen MR) is 68.5 cm³/mol. The molecule has 0 heterocycles. The zero-order valence-electron chi connectivity index (χ0n) is 8.99. The lowest BCUT2D eigenvalue weighted by atomic mass is 10.2. The SMILES string of the molecule is NCc1ccc(Oc2ccc(Br)cc2F)cc1. The number of halogens is 2. The Bertz CT molecular complexity index is 513. The topological polar surface area (TPSA) is 35.2 Å². The molecule has 0 atom stereocenters. The van der Waals surface area contributed by atoms with Crippen molar-refractivity contribution in [3.05, 3.63) is 58.3 Å². The molecule has 2 aromatic rings. The highest BCUT2D eigenvalue weighted by atomic mass is 79.9. The number of rotatable bonds is 3. The van der Waals surface area contributed by atoms with E-state index in [2.05, 4.69) is 15.9 Å². The van der Waals surface area contributed by atoms with E-state index in [1.807, 2.05) is 12.1 Å². The lowest BCUT2D eigenvalue weighted by Gasteiger charge is -2.07. The van der Waals surface area contributed by atoms with Gasteiger partial charge < -0.3 is 10.5 Å². The van der Waals surface area contributed by atoms with Crippen LogP contribution in [-0.2, 0) is 6.54 Å². The summed E-state index contributed by atoms with van der Waals surface area (Å²) in [6, 6.07) is 11.9. The minimum absolute atomic E-state index is 0.202. The van der Waals surface area contributed by atoms with Gasteiger partial charge in [-0.25, -0.2) is 4.39 Å². The van der Waals surface area contributed by atoms with Crippen LogP contribution in [-0.4, -0.2) is 0 Å². The van der Waals surface area contributed by atoms with Gasteiger partial charge in [-0.05, 0) is 35.9 Å². The first-order chi connectivity index (χ1) is 8.19. The molecule has 88 valence electrons. The first-order valence-electron chi connectivity index (χ1n) is 5.11. The van der Waals surface area contributed by atoms with Crippen molar-refractivity contribution in [3.63, 3.8) is 0 Å². The Hall–Kier alpha value is -1.39. The maximum absolute atomic E-state index is 13.5. The Kier molecular flexibility index (Phi) is 3.76. The van der Waals surface area contributed by atoms with Crippen LogP contribution in [0.25, 0.3) is 0 Å². The van der Waals surface area contributed by atoms with Crippen molar-refractivity contribution in [1.82, 2.24) is 0 Å². The third kappa shape index (κ3) is 3.05. The van der Waals surface area contributed by atoms with Gasteiger partial charge in [0.05, 0.1) is 0 Å². The summed E-state index contributed by atoms with van der Waals surface area (Å²) in [6.07, 6.45) is 0. The molecule has 0 unspecified atom stereocenters.